The van der Waals surface area contributed by atoms with Crippen LogP contribution in [0.1, 0.15) is 31.7 Å². The minimum Gasteiger partial charge on any atom is -0.385 e. The molecule has 19 heavy (non-hydrogen) atoms. The van der Waals surface area contributed by atoms with Gasteiger partial charge in [-0.05, 0) is 37.0 Å². The van der Waals surface area contributed by atoms with Crippen LogP contribution in [0.2, 0.25) is 0 Å². The molecule has 1 aromatic rings. The van der Waals surface area contributed by atoms with E-state index in [2.05, 4.69) is 29.3 Å². The molecule has 0 fully saturated rings. The molecule has 0 atom stereocenters. The predicted molar refractivity (Wildman–Crippen MR) is 79.6 cm³/mol. The summed E-state index contributed by atoms with van der Waals surface area (Å²) in [6.07, 6.45) is 4.40. The maximum atomic E-state index is 11.3. The molecule has 0 saturated carbocycles. The number of carbonyl (C=O) groups excluding carboxylic acids is 1. The van der Waals surface area contributed by atoms with Crippen LogP contribution in [0.15, 0.2) is 18.2 Å². The first kappa shape index (κ1) is 13.7. The molecular formula is C15H23N3O. The molecular weight excluding hydrogens is 238 g/mol. The van der Waals surface area contributed by atoms with Crippen LogP contribution in [0, 0.1) is 0 Å². The quantitative estimate of drug-likeness (QED) is 0.825. The van der Waals surface area contributed by atoms with Crippen LogP contribution in [0.4, 0.5) is 11.4 Å². The van der Waals surface area contributed by atoms with Gasteiger partial charge in [0.1, 0.15) is 0 Å². The zero-order valence-electron chi connectivity index (χ0n) is 11.6. The number of amides is 1. The molecule has 104 valence electrons. The third-order valence-corrected chi connectivity index (χ3v) is 3.54. The van der Waals surface area contributed by atoms with Crippen molar-refractivity contribution in [3.05, 3.63) is 23.8 Å². The molecule has 0 aliphatic carbocycles. The second-order valence-electron chi connectivity index (χ2n) is 5.08. The fourth-order valence-corrected chi connectivity index (χ4v) is 2.61. The number of rotatable bonds is 6. The van der Waals surface area contributed by atoms with Gasteiger partial charge in [0.25, 0.3) is 0 Å². The zero-order valence-corrected chi connectivity index (χ0v) is 11.6. The van der Waals surface area contributed by atoms with Crippen molar-refractivity contribution < 1.29 is 4.79 Å². The van der Waals surface area contributed by atoms with Crippen molar-refractivity contribution >= 4 is 17.3 Å². The fourth-order valence-electron chi connectivity index (χ4n) is 2.61. The molecule has 0 spiro atoms. The Kier molecular flexibility index (Phi) is 4.66. The number of nitrogens with one attached hydrogen (secondary N) is 1. The summed E-state index contributed by atoms with van der Waals surface area (Å²) in [4.78, 5) is 13.4. The molecule has 0 saturated heterocycles. The van der Waals surface area contributed by atoms with Gasteiger partial charge < -0.3 is 16.0 Å². The summed E-state index contributed by atoms with van der Waals surface area (Å²) < 4.78 is 0. The van der Waals surface area contributed by atoms with Crippen molar-refractivity contribution in [2.24, 2.45) is 5.73 Å². The van der Waals surface area contributed by atoms with Gasteiger partial charge >= 0.3 is 0 Å². The number of nitrogens with zero attached hydrogens (tertiary/aromatic N) is 1. The van der Waals surface area contributed by atoms with Crippen molar-refractivity contribution in [3.8, 4) is 0 Å². The fraction of sp³-hybridized carbons (Fsp3) is 0.533. The van der Waals surface area contributed by atoms with Gasteiger partial charge in [-0.25, -0.2) is 0 Å². The van der Waals surface area contributed by atoms with Crippen LogP contribution in [0.25, 0.3) is 0 Å². The highest BCUT2D eigenvalue weighted by atomic mass is 16.1. The Hall–Kier alpha value is -1.71. The molecule has 4 heteroatoms. The number of anilines is 2. The molecule has 2 rings (SSSR count). The number of carbonyl (C=O) groups is 1. The zero-order chi connectivity index (χ0) is 13.7. The normalized spacial score (nSPS) is 13.5. The molecule has 0 bridgehead atoms. The lowest BCUT2D eigenvalue weighted by molar-refractivity contribution is -0.116. The van der Waals surface area contributed by atoms with E-state index in [1.54, 1.807) is 0 Å². The van der Waals surface area contributed by atoms with Crippen LogP contribution < -0.4 is 16.0 Å². The number of unbranched alkanes of at least 4 members (excludes halogenated alkanes) is 1. The van der Waals surface area contributed by atoms with Crippen molar-refractivity contribution in [2.75, 3.05) is 29.9 Å². The Morgan fingerprint density at radius 1 is 1.47 bits per heavy atom. The number of fused-ring (bicyclic) bond motifs is 1. The Bertz CT molecular complexity index is 445. The second kappa shape index (κ2) is 6.45. The van der Waals surface area contributed by atoms with Gasteiger partial charge in [-0.15, -0.1) is 0 Å². The van der Waals surface area contributed by atoms with E-state index in [9.17, 15) is 4.79 Å². The molecule has 1 amide bonds. The predicted octanol–water partition coefficient (Wildman–Crippen LogP) is 2.14. The summed E-state index contributed by atoms with van der Waals surface area (Å²) in [6, 6.07) is 6.26. The number of benzene rings is 1. The average molecular weight is 261 g/mol. The van der Waals surface area contributed by atoms with E-state index in [-0.39, 0.29) is 5.91 Å². The number of hydrogen-bond donors (Lipinski definition) is 2. The van der Waals surface area contributed by atoms with Gasteiger partial charge in [0, 0.05) is 24.5 Å². The van der Waals surface area contributed by atoms with Gasteiger partial charge in [0.2, 0.25) is 5.91 Å². The molecule has 1 aliphatic heterocycles. The van der Waals surface area contributed by atoms with E-state index in [1.807, 2.05) is 6.07 Å². The Labute approximate surface area is 115 Å². The largest absolute Gasteiger partial charge is 0.385 e. The molecule has 0 radical (unpaired) electrons. The maximum Gasteiger partial charge on any atom is 0.236 e. The highest BCUT2D eigenvalue weighted by Crippen LogP contribution is 2.31. The van der Waals surface area contributed by atoms with Crippen LogP contribution >= 0.6 is 0 Å². The van der Waals surface area contributed by atoms with E-state index < -0.39 is 0 Å². The Balaban J connectivity index is 2.26. The summed E-state index contributed by atoms with van der Waals surface area (Å²) in [5.41, 5.74) is 9.07. The minimum absolute atomic E-state index is 0.266. The lowest BCUT2D eigenvalue weighted by Crippen LogP contribution is -2.35. The smallest absolute Gasteiger partial charge is 0.236 e. The molecule has 0 aromatic heterocycles. The van der Waals surface area contributed by atoms with E-state index in [0.29, 0.717) is 6.54 Å². The van der Waals surface area contributed by atoms with E-state index in [0.717, 1.165) is 44.5 Å². The van der Waals surface area contributed by atoms with Crippen molar-refractivity contribution in [3.63, 3.8) is 0 Å². The SMILES string of the molecule is CCCCN(CC(N)=O)c1cccc2c1CCCN2. The molecule has 3 N–H and O–H groups in total. The number of nitrogens with two attached hydrogens (primary N) is 1. The number of hydrogen-bond acceptors (Lipinski definition) is 3. The molecule has 4 nitrogen and oxygen atoms in total. The van der Waals surface area contributed by atoms with Crippen molar-refractivity contribution in [2.45, 2.75) is 32.6 Å². The topological polar surface area (TPSA) is 58.4 Å². The van der Waals surface area contributed by atoms with Gasteiger partial charge in [0.05, 0.1) is 6.54 Å². The highest BCUT2D eigenvalue weighted by Gasteiger charge is 2.17. The first-order valence-electron chi connectivity index (χ1n) is 7.11. The summed E-state index contributed by atoms with van der Waals surface area (Å²) >= 11 is 0. The van der Waals surface area contributed by atoms with Crippen molar-refractivity contribution in [1.82, 2.24) is 0 Å². The summed E-state index contributed by atoms with van der Waals surface area (Å²) in [7, 11) is 0. The monoisotopic (exact) mass is 261 g/mol. The third kappa shape index (κ3) is 3.40. The summed E-state index contributed by atoms with van der Waals surface area (Å²) in [5.74, 6) is -0.266. The lowest BCUT2D eigenvalue weighted by Gasteiger charge is -2.29. The summed E-state index contributed by atoms with van der Waals surface area (Å²) in [5, 5.41) is 3.42. The molecule has 1 aromatic carbocycles. The lowest BCUT2D eigenvalue weighted by atomic mass is 10.0. The van der Waals surface area contributed by atoms with Gasteiger partial charge in [-0.2, -0.15) is 0 Å². The molecule has 1 aliphatic rings. The minimum atomic E-state index is -0.266. The van der Waals surface area contributed by atoms with Gasteiger partial charge in [-0.1, -0.05) is 19.4 Å². The highest BCUT2D eigenvalue weighted by molar-refractivity contribution is 5.81. The third-order valence-electron chi connectivity index (χ3n) is 3.54. The van der Waals surface area contributed by atoms with E-state index in [1.165, 1.54) is 11.3 Å². The van der Waals surface area contributed by atoms with Gasteiger partial charge in [0.15, 0.2) is 0 Å². The van der Waals surface area contributed by atoms with Crippen LogP contribution in [0.3, 0.4) is 0 Å². The molecule has 1 heterocycles. The standard InChI is InChI=1S/C15H23N3O/c1-2-3-10-18(11-15(16)19)14-8-4-7-13-12(14)6-5-9-17-13/h4,7-8,17H,2-3,5-6,9-11H2,1H3,(H2,16,19). The Morgan fingerprint density at radius 2 is 2.32 bits per heavy atom. The first-order chi connectivity index (χ1) is 9.22. The molecule has 0 unspecified atom stereocenters. The van der Waals surface area contributed by atoms with Gasteiger partial charge in [-0.3, -0.25) is 4.79 Å². The van der Waals surface area contributed by atoms with E-state index >= 15 is 0 Å². The Morgan fingerprint density at radius 3 is 3.05 bits per heavy atom. The van der Waals surface area contributed by atoms with Crippen LogP contribution in [-0.2, 0) is 11.2 Å². The first-order valence-corrected chi connectivity index (χ1v) is 7.11. The second-order valence-corrected chi connectivity index (χ2v) is 5.08. The van der Waals surface area contributed by atoms with Crippen LogP contribution in [-0.4, -0.2) is 25.5 Å². The maximum absolute atomic E-state index is 11.3. The van der Waals surface area contributed by atoms with E-state index in [4.69, 9.17) is 5.73 Å². The number of primary amides is 1. The summed E-state index contributed by atoms with van der Waals surface area (Å²) in [6.45, 7) is 4.37. The van der Waals surface area contributed by atoms with Crippen molar-refractivity contribution in [1.29, 1.82) is 0 Å². The average Bonchev–Trinajstić information content (AvgIpc) is 2.42. The van der Waals surface area contributed by atoms with Crippen LogP contribution in [0.5, 0.6) is 0 Å².